The van der Waals surface area contributed by atoms with Gasteiger partial charge in [0.15, 0.2) is 0 Å². The maximum Gasteiger partial charge on any atom is 0.335 e. The molecule has 132 valence electrons. The lowest BCUT2D eigenvalue weighted by molar-refractivity contribution is -0.123. The van der Waals surface area contributed by atoms with Gasteiger partial charge in [-0.05, 0) is 43.9 Å². The number of carboxylic acid groups (broad SMARTS) is 1. The molecular weight excluding hydrogens is 336 g/mol. The highest BCUT2D eigenvalue weighted by Crippen LogP contribution is 2.40. The summed E-state index contributed by atoms with van der Waals surface area (Å²) in [5, 5.41) is 15.2. The second-order valence-corrected chi connectivity index (χ2v) is 7.49. The number of carbonyl (C=O) groups is 2. The van der Waals surface area contributed by atoms with Gasteiger partial charge in [0.2, 0.25) is 5.91 Å². The lowest BCUT2D eigenvalue weighted by Crippen LogP contribution is -2.43. The first-order valence-electron chi connectivity index (χ1n) is 8.54. The molecule has 2 N–H and O–H groups in total. The van der Waals surface area contributed by atoms with Gasteiger partial charge in [-0.2, -0.15) is 0 Å². The molecule has 0 radical (unpaired) electrons. The van der Waals surface area contributed by atoms with Crippen LogP contribution in [0.4, 0.5) is 0 Å². The highest BCUT2D eigenvalue weighted by molar-refractivity contribution is 7.09. The van der Waals surface area contributed by atoms with Crippen molar-refractivity contribution in [2.75, 3.05) is 0 Å². The van der Waals surface area contributed by atoms with Crippen LogP contribution in [-0.2, 0) is 16.8 Å². The fraction of sp³-hybridized carbons (Fsp3) is 0.421. The minimum atomic E-state index is -0.939. The maximum absolute atomic E-state index is 12.5. The molecule has 1 aromatic carbocycles. The average Bonchev–Trinajstić information content (AvgIpc) is 3.23. The number of nitrogens with zero attached hydrogens (tertiary/aromatic N) is 1. The van der Waals surface area contributed by atoms with Crippen LogP contribution in [0.15, 0.2) is 29.6 Å². The Morgan fingerprint density at radius 2 is 1.92 bits per heavy atom. The van der Waals surface area contributed by atoms with Crippen LogP contribution in [0.1, 0.15) is 58.7 Å². The molecule has 1 heterocycles. The monoisotopic (exact) mass is 358 g/mol. The van der Waals surface area contributed by atoms with Crippen LogP contribution < -0.4 is 5.32 Å². The van der Waals surface area contributed by atoms with Gasteiger partial charge in [-0.3, -0.25) is 4.79 Å². The van der Waals surface area contributed by atoms with Crippen molar-refractivity contribution in [2.24, 2.45) is 0 Å². The molecule has 0 saturated heterocycles. The van der Waals surface area contributed by atoms with E-state index in [0.29, 0.717) is 12.8 Å². The number of nitrogens with one attached hydrogen (secondary N) is 1. The van der Waals surface area contributed by atoms with Gasteiger partial charge in [0.25, 0.3) is 0 Å². The molecule has 3 rings (SSSR count). The zero-order valence-corrected chi connectivity index (χ0v) is 15.1. The first-order valence-corrected chi connectivity index (χ1v) is 9.42. The van der Waals surface area contributed by atoms with Gasteiger partial charge in [-0.1, -0.05) is 25.0 Å². The summed E-state index contributed by atoms with van der Waals surface area (Å²) in [5.74, 6) is -0.914. The minimum Gasteiger partial charge on any atom is -0.478 e. The van der Waals surface area contributed by atoms with Crippen LogP contribution in [0.3, 0.4) is 0 Å². The number of hydrogen-bond donors (Lipinski definition) is 2. The molecule has 1 aromatic heterocycles. The Kier molecular flexibility index (Phi) is 5.18. The first kappa shape index (κ1) is 17.6. The van der Waals surface area contributed by atoms with E-state index in [-0.39, 0.29) is 17.0 Å². The van der Waals surface area contributed by atoms with Gasteiger partial charge < -0.3 is 10.4 Å². The molecule has 1 aliphatic rings. The van der Waals surface area contributed by atoms with E-state index >= 15 is 0 Å². The number of carbonyl (C=O) groups excluding carboxylic acids is 1. The number of hydrogen-bond acceptors (Lipinski definition) is 4. The number of aromatic carboxylic acids is 1. The van der Waals surface area contributed by atoms with Crippen molar-refractivity contribution in [1.29, 1.82) is 0 Å². The number of thiazole rings is 1. The number of benzene rings is 1. The SMILES string of the molecule is Cc1csc(C2(NC(=O)CCc3ccc(C(=O)O)cc3)CCCC2)n1. The fourth-order valence-electron chi connectivity index (χ4n) is 3.35. The molecule has 25 heavy (non-hydrogen) atoms. The average molecular weight is 358 g/mol. The molecule has 0 atom stereocenters. The summed E-state index contributed by atoms with van der Waals surface area (Å²) >= 11 is 1.62. The summed E-state index contributed by atoms with van der Waals surface area (Å²) in [5.41, 5.74) is 1.92. The van der Waals surface area contributed by atoms with Crippen molar-refractivity contribution in [3.05, 3.63) is 51.5 Å². The molecule has 6 heteroatoms. The zero-order valence-electron chi connectivity index (χ0n) is 14.2. The maximum atomic E-state index is 12.5. The number of aromatic nitrogens is 1. The van der Waals surface area contributed by atoms with E-state index in [1.807, 2.05) is 12.3 Å². The Hall–Kier alpha value is -2.21. The molecule has 0 unspecified atom stereocenters. The minimum absolute atomic E-state index is 0.0251. The molecule has 1 fully saturated rings. The van der Waals surface area contributed by atoms with Crippen molar-refractivity contribution >= 4 is 23.2 Å². The van der Waals surface area contributed by atoms with E-state index in [1.54, 1.807) is 35.6 Å². The van der Waals surface area contributed by atoms with E-state index in [2.05, 4.69) is 10.3 Å². The van der Waals surface area contributed by atoms with Gasteiger partial charge in [-0.15, -0.1) is 11.3 Å². The van der Waals surface area contributed by atoms with Crippen molar-refractivity contribution in [3.63, 3.8) is 0 Å². The Bertz CT molecular complexity index is 761. The first-order chi connectivity index (χ1) is 12.0. The number of carboxylic acids is 1. The Morgan fingerprint density at radius 3 is 2.48 bits per heavy atom. The second kappa shape index (κ2) is 7.35. The lowest BCUT2D eigenvalue weighted by Gasteiger charge is -2.28. The lowest BCUT2D eigenvalue weighted by atomic mass is 9.97. The van der Waals surface area contributed by atoms with E-state index in [0.717, 1.165) is 41.9 Å². The molecule has 0 aliphatic heterocycles. The predicted molar refractivity (Wildman–Crippen MR) is 96.9 cm³/mol. The molecule has 2 aromatic rings. The largest absolute Gasteiger partial charge is 0.478 e. The van der Waals surface area contributed by atoms with Crippen molar-refractivity contribution < 1.29 is 14.7 Å². The Balaban J connectivity index is 1.61. The van der Waals surface area contributed by atoms with E-state index in [9.17, 15) is 9.59 Å². The molecular formula is C19H22N2O3S. The van der Waals surface area contributed by atoms with Crippen LogP contribution in [0.5, 0.6) is 0 Å². The van der Waals surface area contributed by atoms with Crippen LogP contribution in [0.2, 0.25) is 0 Å². The van der Waals surface area contributed by atoms with E-state index in [1.165, 1.54) is 0 Å². The third-order valence-corrected chi connectivity index (χ3v) is 5.87. The van der Waals surface area contributed by atoms with Crippen LogP contribution in [0.25, 0.3) is 0 Å². The zero-order chi connectivity index (χ0) is 17.9. The van der Waals surface area contributed by atoms with Gasteiger partial charge >= 0.3 is 5.97 Å². The van der Waals surface area contributed by atoms with Gasteiger partial charge in [0, 0.05) is 17.5 Å². The van der Waals surface area contributed by atoms with Gasteiger partial charge in [0.05, 0.1) is 11.1 Å². The van der Waals surface area contributed by atoms with E-state index < -0.39 is 5.97 Å². The summed E-state index contributed by atoms with van der Waals surface area (Å²) < 4.78 is 0. The van der Waals surface area contributed by atoms with Crippen LogP contribution in [0, 0.1) is 6.92 Å². The Labute approximate surface area is 151 Å². The van der Waals surface area contributed by atoms with Gasteiger partial charge in [-0.25, -0.2) is 9.78 Å². The Morgan fingerprint density at radius 1 is 1.24 bits per heavy atom. The number of amides is 1. The van der Waals surface area contributed by atoms with Crippen molar-refractivity contribution in [1.82, 2.24) is 10.3 Å². The smallest absolute Gasteiger partial charge is 0.335 e. The third-order valence-electron chi connectivity index (χ3n) is 4.71. The topological polar surface area (TPSA) is 79.3 Å². The van der Waals surface area contributed by atoms with Crippen LogP contribution in [-0.4, -0.2) is 22.0 Å². The van der Waals surface area contributed by atoms with Gasteiger partial charge in [0.1, 0.15) is 5.01 Å². The fourth-order valence-corrected chi connectivity index (χ4v) is 4.36. The molecule has 0 bridgehead atoms. The summed E-state index contributed by atoms with van der Waals surface area (Å²) in [6, 6.07) is 6.69. The van der Waals surface area contributed by atoms with Crippen molar-refractivity contribution in [2.45, 2.75) is 51.0 Å². The number of aryl methyl sites for hydroxylation is 2. The second-order valence-electron chi connectivity index (χ2n) is 6.63. The summed E-state index contributed by atoms with van der Waals surface area (Å²) in [4.78, 5) is 28.0. The third kappa shape index (κ3) is 4.07. The molecule has 1 amide bonds. The molecule has 5 nitrogen and oxygen atoms in total. The highest BCUT2D eigenvalue weighted by Gasteiger charge is 2.39. The van der Waals surface area contributed by atoms with Crippen LogP contribution >= 0.6 is 11.3 Å². The quantitative estimate of drug-likeness (QED) is 0.826. The van der Waals surface area contributed by atoms with E-state index in [4.69, 9.17) is 5.11 Å². The number of rotatable bonds is 6. The molecule has 1 aliphatic carbocycles. The molecule has 1 saturated carbocycles. The highest BCUT2D eigenvalue weighted by atomic mass is 32.1. The summed E-state index contributed by atoms with van der Waals surface area (Å²) in [6.07, 6.45) is 5.08. The van der Waals surface area contributed by atoms with Crippen molar-refractivity contribution in [3.8, 4) is 0 Å². The molecule has 0 spiro atoms. The standard InChI is InChI=1S/C19H22N2O3S/c1-13-12-25-18(20-13)19(10-2-3-11-19)21-16(22)9-6-14-4-7-15(8-5-14)17(23)24/h4-5,7-8,12H,2-3,6,9-11H2,1H3,(H,21,22)(H,23,24). The summed E-state index contributed by atoms with van der Waals surface area (Å²) in [6.45, 7) is 1.98. The normalized spacial score (nSPS) is 15.9. The predicted octanol–water partition coefficient (Wildman–Crippen LogP) is 3.67. The summed E-state index contributed by atoms with van der Waals surface area (Å²) in [7, 11) is 0.